The molecule has 0 saturated heterocycles. The van der Waals surface area contributed by atoms with E-state index in [0.717, 1.165) is 0 Å². The van der Waals surface area contributed by atoms with Gasteiger partial charge in [0.2, 0.25) is 0 Å². The van der Waals surface area contributed by atoms with E-state index in [1.807, 2.05) is 11.3 Å². The molecular formula is C22H13BN2S. The first-order chi connectivity index (χ1) is 12.9. The van der Waals surface area contributed by atoms with Gasteiger partial charge in [0.25, 0.3) is 0 Å². The summed E-state index contributed by atoms with van der Waals surface area (Å²) in [5, 5.41) is 4.93. The van der Waals surface area contributed by atoms with Crippen molar-refractivity contribution in [3.63, 3.8) is 0 Å². The average molecular weight is 348 g/mol. The number of anilines is 2. The molecule has 0 bridgehead atoms. The molecule has 4 heteroatoms. The van der Waals surface area contributed by atoms with Crippen LogP contribution in [0.15, 0.2) is 78.2 Å². The SMILES string of the molecule is c1ccc2c(c1)-c1sccc1B1N2c2cccc3c4ccccc4n1c23. The van der Waals surface area contributed by atoms with E-state index in [0.29, 0.717) is 0 Å². The average Bonchev–Trinajstić information content (AvgIpc) is 3.39. The van der Waals surface area contributed by atoms with Crippen molar-refractivity contribution in [2.24, 2.45) is 0 Å². The van der Waals surface area contributed by atoms with Crippen molar-refractivity contribution in [1.29, 1.82) is 0 Å². The van der Waals surface area contributed by atoms with Gasteiger partial charge in [0.1, 0.15) is 0 Å². The maximum Gasteiger partial charge on any atom is 0.422 e. The summed E-state index contributed by atoms with van der Waals surface area (Å²) >= 11 is 1.85. The third-order valence-corrected chi connectivity index (χ3v) is 6.80. The number of benzene rings is 3. The highest BCUT2D eigenvalue weighted by molar-refractivity contribution is 7.16. The largest absolute Gasteiger partial charge is 0.422 e. The molecule has 2 aliphatic rings. The summed E-state index contributed by atoms with van der Waals surface area (Å²) in [7, 11) is 0. The lowest BCUT2D eigenvalue weighted by Crippen LogP contribution is -2.50. The van der Waals surface area contributed by atoms with Crippen LogP contribution in [0.25, 0.3) is 32.2 Å². The van der Waals surface area contributed by atoms with Gasteiger partial charge < -0.3 is 9.29 Å². The summed E-state index contributed by atoms with van der Waals surface area (Å²) in [5.41, 5.74) is 8.06. The van der Waals surface area contributed by atoms with Gasteiger partial charge in [0, 0.05) is 32.4 Å². The Labute approximate surface area is 155 Å². The van der Waals surface area contributed by atoms with Crippen LogP contribution in [-0.2, 0) is 0 Å². The van der Waals surface area contributed by atoms with E-state index in [9.17, 15) is 0 Å². The molecule has 4 heterocycles. The Balaban J connectivity index is 1.71. The highest BCUT2D eigenvalue weighted by Gasteiger charge is 2.45. The van der Waals surface area contributed by atoms with Crippen molar-refractivity contribution < 1.29 is 0 Å². The Morgan fingerprint density at radius 2 is 1.54 bits per heavy atom. The molecule has 7 rings (SSSR count). The van der Waals surface area contributed by atoms with Crippen LogP contribution in [-0.4, -0.2) is 11.5 Å². The third kappa shape index (κ3) is 1.35. The number of thiophene rings is 1. The zero-order chi connectivity index (χ0) is 16.8. The second-order valence-electron chi connectivity index (χ2n) is 7.03. The second kappa shape index (κ2) is 4.40. The van der Waals surface area contributed by atoms with Crippen LogP contribution in [0.4, 0.5) is 11.4 Å². The van der Waals surface area contributed by atoms with E-state index in [-0.39, 0.29) is 6.98 Å². The quantitative estimate of drug-likeness (QED) is 0.348. The van der Waals surface area contributed by atoms with Gasteiger partial charge in [-0.2, -0.15) is 0 Å². The number of rotatable bonds is 0. The van der Waals surface area contributed by atoms with E-state index in [2.05, 4.69) is 87.5 Å². The van der Waals surface area contributed by atoms with E-state index < -0.39 is 0 Å². The van der Waals surface area contributed by atoms with E-state index in [1.54, 1.807) is 0 Å². The van der Waals surface area contributed by atoms with Gasteiger partial charge in [-0.05, 0) is 29.0 Å². The number of aromatic nitrogens is 1. The monoisotopic (exact) mass is 348 g/mol. The summed E-state index contributed by atoms with van der Waals surface area (Å²) in [6, 6.07) is 26.7. The first-order valence-corrected chi connectivity index (χ1v) is 9.79. The zero-order valence-corrected chi connectivity index (χ0v) is 14.7. The van der Waals surface area contributed by atoms with Gasteiger partial charge in [-0.1, -0.05) is 54.6 Å². The van der Waals surface area contributed by atoms with Gasteiger partial charge >= 0.3 is 6.98 Å². The van der Waals surface area contributed by atoms with Crippen molar-refractivity contribution in [1.82, 2.24) is 4.48 Å². The Kier molecular flexibility index (Phi) is 2.25. The number of hydrogen-bond acceptors (Lipinski definition) is 2. The first kappa shape index (κ1) is 13.3. The van der Waals surface area contributed by atoms with Crippen molar-refractivity contribution in [3.05, 3.63) is 78.2 Å². The van der Waals surface area contributed by atoms with Crippen molar-refractivity contribution >= 4 is 57.0 Å². The number of fused-ring (bicyclic) bond motifs is 11. The minimum absolute atomic E-state index is 0.200. The molecule has 26 heavy (non-hydrogen) atoms. The molecular weight excluding hydrogens is 335 g/mol. The Morgan fingerprint density at radius 1 is 0.731 bits per heavy atom. The summed E-state index contributed by atoms with van der Waals surface area (Å²) < 4.78 is 2.54. The second-order valence-corrected chi connectivity index (χ2v) is 7.94. The van der Waals surface area contributed by atoms with E-state index in [1.165, 1.54) is 49.1 Å². The van der Waals surface area contributed by atoms with Crippen LogP contribution < -0.4 is 10.3 Å². The Bertz CT molecular complexity index is 1360. The summed E-state index contributed by atoms with van der Waals surface area (Å²) in [6.07, 6.45) is 0. The fourth-order valence-electron chi connectivity index (χ4n) is 4.89. The van der Waals surface area contributed by atoms with Crippen LogP contribution in [0.2, 0.25) is 0 Å². The third-order valence-electron chi connectivity index (χ3n) is 5.84. The molecule has 0 amide bonds. The Hall–Kier alpha value is -2.98. The molecule has 0 fully saturated rings. The molecule has 5 aromatic rings. The van der Waals surface area contributed by atoms with Crippen LogP contribution in [0.3, 0.4) is 0 Å². The van der Waals surface area contributed by atoms with Gasteiger partial charge in [-0.3, -0.25) is 0 Å². The summed E-state index contributed by atoms with van der Waals surface area (Å²) in [6.45, 7) is 0.200. The lowest BCUT2D eigenvalue weighted by Gasteiger charge is -2.32. The van der Waals surface area contributed by atoms with Crippen LogP contribution >= 0.6 is 11.3 Å². The lowest BCUT2D eigenvalue weighted by molar-refractivity contribution is 1.31. The molecule has 120 valence electrons. The predicted octanol–water partition coefficient (Wildman–Crippen LogP) is 5.23. The highest BCUT2D eigenvalue weighted by atomic mass is 32.1. The lowest BCUT2D eigenvalue weighted by atomic mass is 9.63. The highest BCUT2D eigenvalue weighted by Crippen LogP contribution is 2.49. The standard InChI is InChI=1S/C22H13BN2S/c1-3-9-18-14(6-1)15-8-5-11-20-21(15)25(18)23-17-12-13-26-22(17)16-7-2-4-10-19(16)24(20)23/h1-13H. The van der Waals surface area contributed by atoms with Crippen LogP contribution in [0.5, 0.6) is 0 Å². The van der Waals surface area contributed by atoms with Crippen molar-refractivity contribution in [2.75, 3.05) is 4.81 Å². The molecule has 3 aromatic carbocycles. The van der Waals surface area contributed by atoms with Gasteiger partial charge in [0.15, 0.2) is 0 Å². The maximum atomic E-state index is 2.54. The molecule has 0 unspecified atom stereocenters. The van der Waals surface area contributed by atoms with E-state index in [4.69, 9.17) is 0 Å². The molecule has 0 radical (unpaired) electrons. The van der Waals surface area contributed by atoms with Gasteiger partial charge in [0.05, 0.1) is 11.2 Å². The Morgan fingerprint density at radius 3 is 2.54 bits per heavy atom. The topological polar surface area (TPSA) is 8.17 Å². The summed E-state index contributed by atoms with van der Waals surface area (Å²) in [5.74, 6) is 0. The van der Waals surface area contributed by atoms with E-state index >= 15 is 0 Å². The fourth-order valence-corrected chi connectivity index (χ4v) is 5.85. The van der Waals surface area contributed by atoms with Gasteiger partial charge in [-0.25, -0.2) is 0 Å². The number of nitrogens with zero attached hydrogens (tertiary/aromatic N) is 2. The normalized spacial score (nSPS) is 14.0. The zero-order valence-electron chi connectivity index (χ0n) is 13.9. The molecule has 0 saturated carbocycles. The molecule has 0 N–H and O–H groups in total. The molecule has 0 spiro atoms. The minimum atomic E-state index is 0.200. The molecule has 2 aromatic heterocycles. The molecule has 2 aliphatic heterocycles. The number of hydrogen-bond donors (Lipinski definition) is 0. The minimum Gasteiger partial charge on any atom is -0.359 e. The maximum absolute atomic E-state index is 2.54. The van der Waals surface area contributed by atoms with Crippen LogP contribution in [0.1, 0.15) is 0 Å². The van der Waals surface area contributed by atoms with Crippen molar-refractivity contribution in [2.45, 2.75) is 0 Å². The molecule has 2 nitrogen and oxygen atoms in total. The molecule has 0 atom stereocenters. The van der Waals surface area contributed by atoms with Crippen LogP contribution in [0, 0.1) is 0 Å². The fraction of sp³-hybridized carbons (Fsp3) is 0. The van der Waals surface area contributed by atoms with Crippen molar-refractivity contribution in [3.8, 4) is 10.4 Å². The first-order valence-electron chi connectivity index (χ1n) is 8.91. The molecule has 0 aliphatic carbocycles. The smallest absolute Gasteiger partial charge is 0.359 e. The number of para-hydroxylation sites is 3. The predicted molar refractivity (Wildman–Crippen MR) is 112 cm³/mol. The van der Waals surface area contributed by atoms with Gasteiger partial charge in [-0.15, -0.1) is 11.3 Å². The summed E-state index contributed by atoms with van der Waals surface area (Å²) in [4.78, 5) is 3.93.